The highest BCUT2D eigenvalue weighted by molar-refractivity contribution is 9.10. The van der Waals surface area contributed by atoms with Gasteiger partial charge in [0.25, 0.3) is 5.91 Å². The average molecular weight is 497 g/mol. The number of hydrogen-bond acceptors (Lipinski definition) is 6. The van der Waals surface area contributed by atoms with Crippen LogP contribution in [0.4, 0.5) is 11.6 Å². The van der Waals surface area contributed by atoms with Gasteiger partial charge in [-0.1, -0.05) is 46.5 Å². The number of aryl methyl sites for hydroxylation is 1. The van der Waals surface area contributed by atoms with Crippen LogP contribution in [0.2, 0.25) is 0 Å². The van der Waals surface area contributed by atoms with E-state index in [0.717, 1.165) is 34.1 Å². The van der Waals surface area contributed by atoms with Crippen LogP contribution in [0.5, 0.6) is 5.75 Å². The number of halogens is 1. The Morgan fingerprint density at radius 3 is 2.88 bits per heavy atom. The molecular weight excluding hydrogens is 472 g/mol. The lowest BCUT2D eigenvalue weighted by Crippen LogP contribution is -2.32. The summed E-state index contributed by atoms with van der Waals surface area (Å²) in [6, 6.07) is 12.9. The van der Waals surface area contributed by atoms with Crippen molar-refractivity contribution in [3.05, 3.63) is 69.3 Å². The second kappa shape index (κ2) is 9.52. The van der Waals surface area contributed by atoms with E-state index in [4.69, 9.17) is 4.74 Å². The fourth-order valence-electron chi connectivity index (χ4n) is 3.71. The minimum atomic E-state index is -0.555. The van der Waals surface area contributed by atoms with E-state index in [0.29, 0.717) is 29.6 Å². The molecule has 8 nitrogen and oxygen atoms in total. The Labute approximate surface area is 195 Å². The summed E-state index contributed by atoms with van der Waals surface area (Å²) in [5, 5.41) is 18.2. The van der Waals surface area contributed by atoms with Crippen LogP contribution >= 0.6 is 15.9 Å². The van der Waals surface area contributed by atoms with Crippen LogP contribution in [-0.4, -0.2) is 32.7 Å². The van der Waals surface area contributed by atoms with E-state index in [1.54, 1.807) is 4.68 Å². The number of benzene rings is 2. The number of carbonyl (C=O) groups excluding carboxylic acids is 1. The molecule has 1 aliphatic heterocycles. The Bertz CT molecular complexity index is 1170. The number of hydrogen-bond donors (Lipinski definition) is 2. The molecule has 0 saturated heterocycles. The summed E-state index contributed by atoms with van der Waals surface area (Å²) < 4.78 is 8.59. The zero-order valence-corrected chi connectivity index (χ0v) is 19.8. The monoisotopic (exact) mass is 496 g/mol. The van der Waals surface area contributed by atoms with Crippen LogP contribution in [0.1, 0.15) is 43.9 Å². The molecule has 32 heavy (non-hydrogen) atoms. The van der Waals surface area contributed by atoms with Gasteiger partial charge in [0.15, 0.2) is 0 Å². The number of nitrogens with one attached hydrogen (secondary N) is 2. The number of unbranched alkanes of at least 4 members (excludes halogenated alkanes) is 1. The molecule has 4 rings (SSSR count). The number of nitrogens with zero attached hydrogens (tertiary/aromatic N) is 4. The zero-order chi connectivity index (χ0) is 22.7. The van der Waals surface area contributed by atoms with Crippen molar-refractivity contribution in [2.45, 2.75) is 39.7 Å². The molecule has 3 aromatic rings. The SMILES string of the molecule is CCCCOc1ccc(Br)cc1C1C(C(=O)Nc2cccc(C)c2)=C(C)Nc2nnnn21. The molecule has 1 atom stereocenters. The summed E-state index contributed by atoms with van der Waals surface area (Å²) in [4.78, 5) is 13.5. The van der Waals surface area contributed by atoms with E-state index < -0.39 is 6.04 Å². The molecule has 2 N–H and O–H groups in total. The van der Waals surface area contributed by atoms with E-state index in [2.05, 4.69) is 49.0 Å². The van der Waals surface area contributed by atoms with E-state index >= 15 is 0 Å². The Kier molecular flexibility index (Phi) is 6.55. The first kappa shape index (κ1) is 22.0. The standard InChI is InChI=1S/C23H25BrN6O2/c1-4-5-11-32-19-10-9-16(24)13-18(19)21-20(15(3)25-23-27-28-29-30(21)23)22(31)26-17-8-6-7-14(2)12-17/h6-10,12-13,21H,4-5,11H2,1-3H3,(H,26,31)(H,25,27,29). The lowest BCUT2D eigenvalue weighted by atomic mass is 9.94. The fraction of sp³-hybridized carbons (Fsp3) is 0.304. The number of aromatic nitrogens is 4. The van der Waals surface area contributed by atoms with Gasteiger partial charge < -0.3 is 15.4 Å². The normalized spacial score (nSPS) is 15.2. The molecule has 1 unspecified atom stereocenters. The highest BCUT2D eigenvalue weighted by Gasteiger charge is 2.36. The van der Waals surface area contributed by atoms with Gasteiger partial charge >= 0.3 is 0 Å². The van der Waals surface area contributed by atoms with E-state index in [1.807, 2.05) is 56.3 Å². The molecule has 0 radical (unpaired) electrons. The van der Waals surface area contributed by atoms with Crippen molar-refractivity contribution in [1.82, 2.24) is 20.2 Å². The average Bonchev–Trinajstić information content (AvgIpc) is 3.22. The summed E-state index contributed by atoms with van der Waals surface area (Å²) in [6.45, 7) is 6.55. The smallest absolute Gasteiger partial charge is 0.255 e. The minimum Gasteiger partial charge on any atom is -0.493 e. The molecule has 166 valence electrons. The van der Waals surface area contributed by atoms with Gasteiger partial charge in [-0.25, -0.2) is 0 Å². The maximum absolute atomic E-state index is 13.5. The van der Waals surface area contributed by atoms with E-state index in [9.17, 15) is 4.79 Å². The third-order valence-electron chi connectivity index (χ3n) is 5.26. The van der Waals surface area contributed by atoms with E-state index in [-0.39, 0.29) is 5.91 Å². The number of ether oxygens (including phenoxy) is 1. The van der Waals surface area contributed by atoms with Crippen LogP contribution in [-0.2, 0) is 4.79 Å². The van der Waals surface area contributed by atoms with Crippen molar-refractivity contribution in [3.63, 3.8) is 0 Å². The maximum atomic E-state index is 13.5. The first-order chi connectivity index (χ1) is 15.5. The molecular formula is C23H25BrN6O2. The molecule has 0 aliphatic carbocycles. The Hall–Kier alpha value is -3.20. The van der Waals surface area contributed by atoms with Gasteiger partial charge in [-0.15, -0.1) is 0 Å². The Morgan fingerprint density at radius 2 is 2.09 bits per heavy atom. The predicted molar refractivity (Wildman–Crippen MR) is 127 cm³/mol. The van der Waals surface area contributed by atoms with Gasteiger partial charge in [-0.05, 0) is 66.6 Å². The topological polar surface area (TPSA) is 94.0 Å². The van der Waals surface area contributed by atoms with Crippen molar-refractivity contribution >= 4 is 33.5 Å². The molecule has 1 aliphatic rings. The number of tetrazole rings is 1. The molecule has 1 aromatic heterocycles. The molecule has 1 amide bonds. The second-order valence-corrected chi connectivity index (χ2v) is 8.64. The quantitative estimate of drug-likeness (QED) is 0.454. The lowest BCUT2D eigenvalue weighted by Gasteiger charge is -2.29. The predicted octanol–water partition coefficient (Wildman–Crippen LogP) is 4.85. The van der Waals surface area contributed by atoms with Crippen molar-refractivity contribution in [2.24, 2.45) is 0 Å². The highest BCUT2D eigenvalue weighted by Crippen LogP contribution is 2.40. The molecule has 0 saturated carbocycles. The minimum absolute atomic E-state index is 0.230. The number of carbonyl (C=O) groups is 1. The summed E-state index contributed by atoms with van der Waals surface area (Å²) in [7, 11) is 0. The van der Waals surface area contributed by atoms with Crippen LogP contribution in [0.25, 0.3) is 0 Å². The summed E-state index contributed by atoms with van der Waals surface area (Å²) in [5.41, 5.74) is 3.80. The van der Waals surface area contributed by atoms with Crippen LogP contribution < -0.4 is 15.4 Å². The number of amides is 1. The summed E-state index contributed by atoms with van der Waals surface area (Å²) in [5.74, 6) is 0.939. The van der Waals surface area contributed by atoms with E-state index in [1.165, 1.54) is 0 Å². The first-order valence-corrected chi connectivity index (χ1v) is 11.3. The van der Waals surface area contributed by atoms with Gasteiger partial charge in [0.2, 0.25) is 5.95 Å². The summed E-state index contributed by atoms with van der Waals surface area (Å²) >= 11 is 3.56. The van der Waals surface area contributed by atoms with Crippen molar-refractivity contribution in [1.29, 1.82) is 0 Å². The van der Waals surface area contributed by atoms with Crippen molar-refractivity contribution in [2.75, 3.05) is 17.2 Å². The van der Waals surface area contributed by atoms with Crippen molar-refractivity contribution in [3.8, 4) is 5.75 Å². The van der Waals surface area contributed by atoms with Gasteiger partial charge in [0, 0.05) is 21.4 Å². The number of fused-ring (bicyclic) bond motifs is 1. The number of anilines is 2. The van der Waals surface area contributed by atoms with Gasteiger partial charge in [0.1, 0.15) is 11.8 Å². The molecule has 0 fully saturated rings. The summed E-state index contributed by atoms with van der Waals surface area (Å²) in [6.07, 6.45) is 1.97. The molecule has 0 spiro atoms. The van der Waals surface area contributed by atoms with Crippen LogP contribution in [0.15, 0.2) is 58.2 Å². The molecule has 2 aromatic carbocycles. The lowest BCUT2D eigenvalue weighted by molar-refractivity contribution is -0.113. The van der Waals surface area contributed by atoms with Crippen LogP contribution in [0, 0.1) is 6.92 Å². The Balaban J connectivity index is 1.78. The molecule has 9 heteroatoms. The van der Waals surface area contributed by atoms with Crippen molar-refractivity contribution < 1.29 is 9.53 Å². The van der Waals surface area contributed by atoms with Gasteiger partial charge in [-0.3, -0.25) is 4.79 Å². The number of allylic oxidation sites excluding steroid dienone is 1. The molecule has 0 bridgehead atoms. The highest BCUT2D eigenvalue weighted by atomic mass is 79.9. The van der Waals surface area contributed by atoms with Gasteiger partial charge in [0.05, 0.1) is 12.2 Å². The third kappa shape index (κ3) is 4.52. The van der Waals surface area contributed by atoms with Crippen LogP contribution in [0.3, 0.4) is 0 Å². The maximum Gasteiger partial charge on any atom is 0.255 e. The largest absolute Gasteiger partial charge is 0.493 e. The second-order valence-electron chi connectivity index (χ2n) is 7.72. The number of rotatable bonds is 7. The first-order valence-electron chi connectivity index (χ1n) is 10.5. The van der Waals surface area contributed by atoms with Gasteiger partial charge in [-0.2, -0.15) is 4.68 Å². The third-order valence-corrected chi connectivity index (χ3v) is 5.75. The zero-order valence-electron chi connectivity index (χ0n) is 18.2. The Morgan fingerprint density at radius 1 is 1.25 bits per heavy atom. The fourth-order valence-corrected chi connectivity index (χ4v) is 4.08. The molecule has 2 heterocycles.